The predicted molar refractivity (Wildman–Crippen MR) is 99.3 cm³/mol. The molecule has 0 radical (unpaired) electrons. The van der Waals surface area contributed by atoms with E-state index < -0.39 is 22.0 Å². The van der Waals surface area contributed by atoms with E-state index in [0.29, 0.717) is 44.0 Å². The first-order valence-corrected chi connectivity index (χ1v) is 10.8. The van der Waals surface area contributed by atoms with Crippen LogP contribution in [0.5, 0.6) is 0 Å². The highest BCUT2D eigenvalue weighted by Crippen LogP contribution is 2.17. The lowest BCUT2D eigenvalue weighted by Gasteiger charge is -2.36. The van der Waals surface area contributed by atoms with Gasteiger partial charge in [-0.2, -0.15) is 4.31 Å². The van der Waals surface area contributed by atoms with Gasteiger partial charge in [-0.25, -0.2) is 8.42 Å². The van der Waals surface area contributed by atoms with E-state index in [1.165, 1.54) is 4.31 Å². The van der Waals surface area contributed by atoms with Crippen molar-refractivity contribution in [1.82, 2.24) is 9.21 Å². The molecule has 2 amide bonds. The van der Waals surface area contributed by atoms with Crippen molar-refractivity contribution < 1.29 is 22.9 Å². The summed E-state index contributed by atoms with van der Waals surface area (Å²) < 4.78 is 26.8. The summed E-state index contributed by atoms with van der Waals surface area (Å²) in [6.07, 6.45) is 2.41. The Morgan fingerprint density at radius 2 is 1.74 bits per heavy atom. The number of rotatable bonds is 5. The number of hydrogen-bond acceptors (Lipinski definition) is 4. The number of nitrogens with zero attached hydrogens (tertiary/aromatic N) is 2. The van der Waals surface area contributed by atoms with Gasteiger partial charge in [-0.05, 0) is 31.4 Å². The third kappa shape index (κ3) is 4.48. The molecule has 2 saturated heterocycles. The number of carbonyl (C=O) groups is 2. The van der Waals surface area contributed by atoms with Gasteiger partial charge in [-0.15, -0.1) is 0 Å². The van der Waals surface area contributed by atoms with Crippen molar-refractivity contribution in [3.8, 4) is 0 Å². The minimum atomic E-state index is -3.49. The molecule has 0 bridgehead atoms. The topological polar surface area (TPSA) is 105 Å². The second-order valence-corrected chi connectivity index (χ2v) is 9.08. The summed E-state index contributed by atoms with van der Waals surface area (Å²) in [6, 6.07) is 7.89. The number of sulfonamides is 1. The van der Waals surface area contributed by atoms with E-state index in [1.807, 2.05) is 0 Å². The summed E-state index contributed by atoms with van der Waals surface area (Å²) >= 11 is 0. The van der Waals surface area contributed by atoms with Crippen LogP contribution in [0.25, 0.3) is 0 Å². The Kier molecular flexibility index (Phi) is 6.13. The zero-order chi connectivity index (χ0) is 19.4. The van der Waals surface area contributed by atoms with Gasteiger partial charge in [-0.3, -0.25) is 9.59 Å². The number of nitrogens with two attached hydrogens (primary N) is 1. The van der Waals surface area contributed by atoms with E-state index in [1.54, 1.807) is 35.2 Å². The average molecular weight is 396 g/mol. The number of benzene rings is 1. The molecule has 2 fully saturated rings. The predicted octanol–water partition coefficient (Wildman–Crippen LogP) is -1.56. The minimum absolute atomic E-state index is 0.0760. The fourth-order valence-corrected chi connectivity index (χ4v) is 5.26. The van der Waals surface area contributed by atoms with Crippen LogP contribution in [0.4, 0.5) is 0 Å². The summed E-state index contributed by atoms with van der Waals surface area (Å²) in [4.78, 5) is 27.2. The fraction of sp³-hybridized carbons (Fsp3) is 0.556. The van der Waals surface area contributed by atoms with Crippen molar-refractivity contribution in [3.05, 3.63) is 30.3 Å². The highest BCUT2D eigenvalue weighted by molar-refractivity contribution is 7.89. The van der Waals surface area contributed by atoms with E-state index in [4.69, 9.17) is 5.73 Å². The molecule has 0 aliphatic carbocycles. The maximum absolute atomic E-state index is 12.7. The highest BCUT2D eigenvalue weighted by Gasteiger charge is 2.35. The molecule has 3 rings (SSSR count). The smallest absolute Gasteiger partial charge is 0.278 e. The van der Waals surface area contributed by atoms with Gasteiger partial charge in [0.15, 0.2) is 6.54 Å². The first-order chi connectivity index (χ1) is 12.9. The SMILES string of the molecule is NC(=O)[C@H]1CCCCN1C(=O)C[NH+]1CCN(S(=O)(=O)c2ccccc2)CC1. The Bertz CT molecular complexity index is 776. The maximum atomic E-state index is 12.7. The summed E-state index contributed by atoms with van der Waals surface area (Å²) in [6.45, 7) is 2.70. The van der Waals surface area contributed by atoms with Crippen LogP contribution in [-0.4, -0.2) is 74.7 Å². The minimum Gasteiger partial charge on any atom is -0.368 e. The molecule has 0 aromatic heterocycles. The third-order valence-electron chi connectivity index (χ3n) is 5.36. The van der Waals surface area contributed by atoms with Crippen molar-refractivity contribution in [2.24, 2.45) is 5.73 Å². The molecule has 1 aromatic carbocycles. The molecule has 9 heteroatoms. The second kappa shape index (κ2) is 8.37. The number of piperazine rings is 1. The standard InChI is InChI=1S/C18H26N4O4S/c19-18(24)16-8-4-5-9-22(16)17(23)14-20-10-12-21(13-11-20)27(25,26)15-6-2-1-3-7-15/h1-3,6-7,16H,4-5,8-14H2,(H2,19,24)/p+1/t16-/m1/s1. The Balaban J connectivity index is 1.56. The van der Waals surface area contributed by atoms with Crippen molar-refractivity contribution in [3.63, 3.8) is 0 Å². The van der Waals surface area contributed by atoms with Crippen LogP contribution < -0.4 is 10.6 Å². The molecular formula is C18H27N4O4S+. The molecular weight excluding hydrogens is 368 g/mol. The van der Waals surface area contributed by atoms with Gasteiger partial charge in [0.05, 0.1) is 31.1 Å². The number of primary amides is 1. The maximum Gasteiger partial charge on any atom is 0.278 e. The van der Waals surface area contributed by atoms with Gasteiger partial charge in [0.25, 0.3) is 5.91 Å². The van der Waals surface area contributed by atoms with Gasteiger partial charge in [0, 0.05) is 6.54 Å². The lowest BCUT2D eigenvalue weighted by molar-refractivity contribution is -0.896. The summed E-state index contributed by atoms with van der Waals surface area (Å²) in [5.41, 5.74) is 5.44. The van der Waals surface area contributed by atoms with Crippen LogP contribution in [-0.2, 0) is 19.6 Å². The monoisotopic (exact) mass is 395 g/mol. The molecule has 3 N–H and O–H groups in total. The largest absolute Gasteiger partial charge is 0.368 e. The first-order valence-electron chi connectivity index (χ1n) is 9.37. The van der Waals surface area contributed by atoms with Crippen LogP contribution in [0.15, 0.2) is 35.2 Å². The lowest BCUT2D eigenvalue weighted by Crippen LogP contribution is -3.15. The molecule has 2 heterocycles. The average Bonchev–Trinajstić information content (AvgIpc) is 2.69. The van der Waals surface area contributed by atoms with E-state index >= 15 is 0 Å². The van der Waals surface area contributed by atoms with Crippen molar-refractivity contribution in [2.75, 3.05) is 39.3 Å². The van der Waals surface area contributed by atoms with Crippen molar-refractivity contribution in [1.29, 1.82) is 0 Å². The Morgan fingerprint density at radius 3 is 2.37 bits per heavy atom. The third-order valence-corrected chi connectivity index (χ3v) is 7.28. The van der Waals surface area contributed by atoms with Crippen LogP contribution in [0.3, 0.4) is 0 Å². The molecule has 8 nitrogen and oxygen atoms in total. The van der Waals surface area contributed by atoms with E-state index in [0.717, 1.165) is 17.7 Å². The van der Waals surface area contributed by atoms with E-state index in [2.05, 4.69) is 0 Å². The number of likely N-dealkylation sites (tertiary alicyclic amines) is 1. The van der Waals surface area contributed by atoms with Crippen molar-refractivity contribution >= 4 is 21.8 Å². The number of nitrogens with one attached hydrogen (secondary N) is 1. The van der Waals surface area contributed by atoms with Gasteiger partial charge in [0.1, 0.15) is 6.04 Å². The number of piperidine rings is 1. The van der Waals surface area contributed by atoms with Crippen LogP contribution in [0.2, 0.25) is 0 Å². The Labute approximate surface area is 160 Å². The Morgan fingerprint density at radius 1 is 1.07 bits per heavy atom. The zero-order valence-electron chi connectivity index (χ0n) is 15.3. The second-order valence-electron chi connectivity index (χ2n) is 7.14. The molecule has 0 spiro atoms. The first kappa shape index (κ1) is 19.8. The van der Waals surface area contributed by atoms with Crippen LogP contribution >= 0.6 is 0 Å². The molecule has 0 saturated carbocycles. The van der Waals surface area contributed by atoms with Crippen LogP contribution in [0.1, 0.15) is 19.3 Å². The number of amides is 2. The molecule has 0 unspecified atom stereocenters. The number of quaternary nitrogens is 1. The number of hydrogen-bond donors (Lipinski definition) is 2. The van der Waals surface area contributed by atoms with Gasteiger partial charge >= 0.3 is 0 Å². The van der Waals surface area contributed by atoms with Crippen LogP contribution in [0, 0.1) is 0 Å². The van der Waals surface area contributed by atoms with Crippen molar-refractivity contribution in [2.45, 2.75) is 30.2 Å². The molecule has 1 aromatic rings. The molecule has 2 aliphatic rings. The molecule has 2 aliphatic heterocycles. The molecule has 148 valence electrons. The highest BCUT2D eigenvalue weighted by atomic mass is 32.2. The van der Waals surface area contributed by atoms with Gasteiger partial charge < -0.3 is 15.5 Å². The van der Waals surface area contributed by atoms with E-state index in [-0.39, 0.29) is 12.5 Å². The summed E-state index contributed by atoms with van der Waals surface area (Å²) in [5, 5.41) is 0. The summed E-state index contributed by atoms with van der Waals surface area (Å²) in [7, 11) is -3.49. The Hall–Kier alpha value is -1.97. The van der Waals surface area contributed by atoms with E-state index in [9.17, 15) is 18.0 Å². The summed E-state index contributed by atoms with van der Waals surface area (Å²) in [5.74, 6) is -0.523. The van der Waals surface area contributed by atoms with Gasteiger partial charge in [-0.1, -0.05) is 18.2 Å². The quantitative estimate of drug-likeness (QED) is 0.629. The lowest BCUT2D eigenvalue weighted by atomic mass is 10.0. The molecule has 1 atom stereocenters. The fourth-order valence-electron chi connectivity index (χ4n) is 3.80. The zero-order valence-corrected chi connectivity index (χ0v) is 16.2. The van der Waals surface area contributed by atoms with Gasteiger partial charge in [0.2, 0.25) is 15.9 Å². The molecule has 27 heavy (non-hydrogen) atoms. The number of carbonyl (C=O) groups excluding carboxylic acids is 2. The normalized spacial score (nSPS) is 22.5.